The van der Waals surface area contributed by atoms with Crippen LogP contribution in [0.2, 0.25) is 0 Å². The van der Waals surface area contributed by atoms with E-state index in [1.807, 2.05) is 6.92 Å². The predicted molar refractivity (Wildman–Crippen MR) is 101 cm³/mol. The van der Waals surface area contributed by atoms with Crippen LogP contribution in [-0.4, -0.2) is 45.2 Å². The van der Waals surface area contributed by atoms with E-state index < -0.39 is 17.2 Å². The van der Waals surface area contributed by atoms with Crippen LogP contribution >= 0.6 is 0 Å². The van der Waals surface area contributed by atoms with E-state index in [1.54, 1.807) is 18.2 Å². The Morgan fingerprint density at radius 1 is 1.30 bits per heavy atom. The Morgan fingerprint density at radius 3 is 2.70 bits per heavy atom. The summed E-state index contributed by atoms with van der Waals surface area (Å²) >= 11 is 0. The SMILES string of the molecule is CC12CC(O)[C@@]3(F)C(CCC4=C/C(=N/O)C=CC43C)[C@@H]1CCC2C(=N)CO. The minimum absolute atomic E-state index is 0.0856. The standard InChI is InChI=1S/C21H29FN2O3/c1-19-10-18(26)21(22)15(14(19)5-6-16(19)17(23)11-25)4-3-12-9-13(24-27)7-8-20(12,21)2/h7-9,14-16,18,23,25-27H,3-6,10-11H2,1-2H3/b23-17?,24-13+/t14-,15?,16?,18?,19?,20?,21-/m0/s1. The molecule has 4 rings (SSSR count). The van der Waals surface area contributed by atoms with Crippen molar-refractivity contribution < 1.29 is 19.8 Å². The molecule has 0 amide bonds. The van der Waals surface area contributed by atoms with E-state index in [0.29, 0.717) is 30.7 Å². The van der Waals surface area contributed by atoms with Crippen LogP contribution in [0.3, 0.4) is 0 Å². The van der Waals surface area contributed by atoms with Gasteiger partial charge in [0.05, 0.1) is 12.7 Å². The number of hydrogen-bond donors (Lipinski definition) is 4. The van der Waals surface area contributed by atoms with E-state index in [4.69, 9.17) is 10.6 Å². The van der Waals surface area contributed by atoms with Crippen LogP contribution < -0.4 is 0 Å². The highest BCUT2D eigenvalue weighted by Crippen LogP contribution is 2.68. The van der Waals surface area contributed by atoms with Crippen LogP contribution in [-0.2, 0) is 0 Å². The number of allylic oxidation sites excluding steroid dienone is 4. The molecule has 4 aliphatic rings. The van der Waals surface area contributed by atoms with Crippen molar-refractivity contribution in [3.05, 3.63) is 23.8 Å². The fourth-order valence-corrected chi connectivity index (χ4v) is 6.96. The lowest BCUT2D eigenvalue weighted by atomic mass is 9.45. The number of aliphatic hydroxyl groups is 2. The fraction of sp³-hybridized carbons (Fsp3) is 0.714. The van der Waals surface area contributed by atoms with Crippen molar-refractivity contribution in [2.24, 2.45) is 33.7 Å². The van der Waals surface area contributed by atoms with E-state index in [-0.39, 0.29) is 29.8 Å². The molecule has 0 aromatic heterocycles. The normalized spacial score (nSPS) is 50.0. The molecule has 0 saturated heterocycles. The molecule has 0 bridgehead atoms. The van der Waals surface area contributed by atoms with Gasteiger partial charge in [0.2, 0.25) is 0 Å². The van der Waals surface area contributed by atoms with Crippen molar-refractivity contribution in [1.82, 2.24) is 0 Å². The Kier molecular flexibility index (Phi) is 4.17. The van der Waals surface area contributed by atoms with Crippen molar-refractivity contribution in [3.8, 4) is 0 Å². The summed E-state index contributed by atoms with van der Waals surface area (Å²) in [6.07, 6.45) is 7.25. The van der Waals surface area contributed by atoms with Gasteiger partial charge in [0.25, 0.3) is 0 Å². The number of fused-ring (bicyclic) bond motifs is 5. The first-order valence-corrected chi connectivity index (χ1v) is 9.90. The summed E-state index contributed by atoms with van der Waals surface area (Å²) in [5.74, 6) is -0.295. The van der Waals surface area contributed by atoms with Gasteiger partial charge in [-0.1, -0.05) is 23.7 Å². The molecule has 0 radical (unpaired) electrons. The quantitative estimate of drug-likeness (QED) is 0.338. The Hall–Kier alpha value is -1.53. The molecule has 3 saturated carbocycles. The zero-order valence-corrected chi connectivity index (χ0v) is 16.0. The molecule has 0 heterocycles. The lowest BCUT2D eigenvalue weighted by molar-refractivity contribution is -0.191. The lowest BCUT2D eigenvalue weighted by Crippen LogP contribution is -2.66. The van der Waals surface area contributed by atoms with Crippen molar-refractivity contribution in [3.63, 3.8) is 0 Å². The van der Waals surface area contributed by atoms with E-state index in [2.05, 4.69) is 12.1 Å². The molecule has 6 heteroatoms. The maximum absolute atomic E-state index is 16.8. The van der Waals surface area contributed by atoms with Crippen LogP contribution in [0.1, 0.15) is 46.0 Å². The van der Waals surface area contributed by atoms with E-state index in [9.17, 15) is 10.2 Å². The van der Waals surface area contributed by atoms with Gasteiger partial charge in [-0.25, -0.2) is 4.39 Å². The highest BCUT2D eigenvalue weighted by molar-refractivity contribution is 6.05. The summed E-state index contributed by atoms with van der Waals surface area (Å²) in [5.41, 5.74) is -1.47. The van der Waals surface area contributed by atoms with Crippen LogP contribution in [0, 0.1) is 34.0 Å². The number of nitrogens with one attached hydrogen (secondary N) is 1. The number of nitrogens with zero attached hydrogens (tertiary/aromatic N) is 1. The molecule has 7 atom stereocenters. The molecule has 4 N–H and O–H groups in total. The molecule has 27 heavy (non-hydrogen) atoms. The highest BCUT2D eigenvalue weighted by Gasteiger charge is 2.70. The molecule has 0 aromatic rings. The number of rotatable bonds is 2. The van der Waals surface area contributed by atoms with Crippen LogP contribution in [0.25, 0.3) is 0 Å². The molecule has 4 aliphatic carbocycles. The summed E-state index contributed by atoms with van der Waals surface area (Å²) in [7, 11) is 0. The molecular formula is C21H29FN2O3. The van der Waals surface area contributed by atoms with Crippen LogP contribution in [0.15, 0.2) is 29.0 Å². The first-order valence-electron chi connectivity index (χ1n) is 9.90. The van der Waals surface area contributed by atoms with Gasteiger partial charge in [0, 0.05) is 23.0 Å². The smallest absolute Gasteiger partial charge is 0.152 e. The van der Waals surface area contributed by atoms with E-state index in [0.717, 1.165) is 18.4 Å². The molecule has 5 nitrogen and oxygen atoms in total. The third-order valence-electron chi connectivity index (χ3n) is 8.36. The van der Waals surface area contributed by atoms with Crippen molar-refractivity contribution in [1.29, 1.82) is 5.41 Å². The van der Waals surface area contributed by atoms with Crippen LogP contribution in [0.4, 0.5) is 4.39 Å². The zero-order valence-electron chi connectivity index (χ0n) is 16.0. The molecule has 0 aliphatic heterocycles. The average molecular weight is 376 g/mol. The number of halogens is 1. The average Bonchev–Trinajstić information content (AvgIpc) is 2.98. The molecule has 0 aromatic carbocycles. The van der Waals surface area contributed by atoms with Gasteiger partial charge in [-0.3, -0.25) is 0 Å². The second-order valence-electron chi connectivity index (χ2n) is 9.29. The summed E-state index contributed by atoms with van der Waals surface area (Å²) in [4.78, 5) is 0. The summed E-state index contributed by atoms with van der Waals surface area (Å²) < 4.78 is 16.8. The predicted octanol–water partition coefficient (Wildman–Crippen LogP) is 3.25. The first-order chi connectivity index (χ1) is 12.7. The number of aliphatic hydroxyl groups excluding tert-OH is 2. The Labute approximate surface area is 159 Å². The number of hydrogen-bond acceptors (Lipinski definition) is 5. The fourth-order valence-electron chi connectivity index (χ4n) is 6.96. The largest absolute Gasteiger partial charge is 0.410 e. The second-order valence-corrected chi connectivity index (χ2v) is 9.29. The summed E-state index contributed by atoms with van der Waals surface area (Å²) in [6, 6.07) is 0. The van der Waals surface area contributed by atoms with Gasteiger partial charge in [-0.05, 0) is 62.5 Å². The monoisotopic (exact) mass is 376 g/mol. The Bertz CT molecular complexity index is 763. The second kappa shape index (κ2) is 5.98. The van der Waals surface area contributed by atoms with Gasteiger partial charge >= 0.3 is 0 Å². The molecular weight excluding hydrogens is 347 g/mol. The number of alkyl halides is 1. The maximum atomic E-state index is 16.8. The van der Waals surface area contributed by atoms with Gasteiger partial charge < -0.3 is 20.8 Å². The van der Waals surface area contributed by atoms with Crippen LogP contribution in [0.5, 0.6) is 0 Å². The lowest BCUT2D eigenvalue weighted by Gasteiger charge is -2.62. The molecule has 5 unspecified atom stereocenters. The molecule has 0 spiro atoms. The topological polar surface area (TPSA) is 96.9 Å². The third kappa shape index (κ3) is 2.23. The van der Waals surface area contributed by atoms with Crippen molar-refractivity contribution >= 4 is 11.4 Å². The Morgan fingerprint density at radius 2 is 2.04 bits per heavy atom. The highest BCUT2D eigenvalue weighted by atomic mass is 19.1. The minimum atomic E-state index is -1.78. The summed E-state index contributed by atoms with van der Waals surface area (Å²) in [5, 5.41) is 41.1. The first kappa shape index (κ1) is 18.8. The maximum Gasteiger partial charge on any atom is 0.152 e. The van der Waals surface area contributed by atoms with Gasteiger partial charge in [-0.2, -0.15) is 0 Å². The molecule has 3 fully saturated rings. The van der Waals surface area contributed by atoms with Crippen molar-refractivity contribution in [2.75, 3.05) is 6.61 Å². The number of oxime groups is 1. The summed E-state index contributed by atoms with van der Waals surface area (Å²) in [6.45, 7) is 3.65. The Balaban J connectivity index is 1.77. The third-order valence-corrected chi connectivity index (χ3v) is 8.36. The van der Waals surface area contributed by atoms with Gasteiger partial charge in [-0.15, -0.1) is 0 Å². The molecule has 148 valence electrons. The minimum Gasteiger partial charge on any atom is -0.410 e. The van der Waals surface area contributed by atoms with Gasteiger partial charge in [0.1, 0.15) is 5.71 Å². The van der Waals surface area contributed by atoms with E-state index >= 15 is 4.39 Å². The van der Waals surface area contributed by atoms with E-state index in [1.165, 1.54) is 0 Å². The zero-order chi connectivity index (χ0) is 19.6. The van der Waals surface area contributed by atoms with Crippen molar-refractivity contribution in [2.45, 2.75) is 57.7 Å². The van der Waals surface area contributed by atoms with Gasteiger partial charge in [0.15, 0.2) is 5.67 Å².